The third kappa shape index (κ3) is 5.64. The van der Waals surface area contributed by atoms with Gasteiger partial charge in [0.2, 0.25) is 15.9 Å². The van der Waals surface area contributed by atoms with Gasteiger partial charge in [-0.15, -0.1) is 0 Å². The molecule has 0 spiro atoms. The Bertz CT molecular complexity index is 1150. The Hall–Kier alpha value is -2.95. The Morgan fingerprint density at radius 2 is 1.75 bits per heavy atom. The van der Waals surface area contributed by atoms with Gasteiger partial charge in [-0.1, -0.05) is 48.0 Å². The number of benzene rings is 2. The molecule has 2 aromatic carbocycles. The van der Waals surface area contributed by atoms with E-state index >= 15 is 0 Å². The SMILES string of the molecule is Cc1ccc(S(=O)(=O)N(C)CC(=O)NCCN2C(=O)S/C(=C\c3ccccc3)C2=O)cc1. The van der Waals surface area contributed by atoms with Crippen molar-refractivity contribution in [2.24, 2.45) is 0 Å². The Labute approximate surface area is 191 Å². The van der Waals surface area contributed by atoms with E-state index in [0.29, 0.717) is 4.91 Å². The highest BCUT2D eigenvalue weighted by Gasteiger charge is 2.34. The average molecular weight is 474 g/mol. The molecule has 0 aromatic heterocycles. The van der Waals surface area contributed by atoms with Crippen LogP contribution in [-0.2, 0) is 19.6 Å². The molecule has 3 rings (SSSR count). The van der Waals surface area contributed by atoms with E-state index in [1.165, 1.54) is 19.2 Å². The van der Waals surface area contributed by atoms with E-state index in [1.807, 2.05) is 37.3 Å². The molecule has 2 aromatic rings. The molecule has 10 heteroatoms. The summed E-state index contributed by atoms with van der Waals surface area (Å²) in [5.74, 6) is -0.952. The molecule has 0 radical (unpaired) electrons. The standard InChI is InChI=1S/C22H23N3O5S2/c1-16-8-10-18(11-9-16)32(29,30)24(2)15-20(26)23-12-13-25-21(27)19(31-22(25)28)14-17-6-4-3-5-7-17/h3-11,14H,12-13,15H2,1-2H3,(H,23,26)/b19-14-. The number of sulfonamides is 1. The predicted molar refractivity (Wildman–Crippen MR) is 123 cm³/mol. The lowest BCUT2D eigenvalue weighted by Crippen LogP contribution is -2.42. The minimum atomic E-state index is -3.80. The zero-order valence-electron chi connectivity index (χ0n) is 17.6. The lowest BCUT2D eigenvalue weighted by atomic mass is 10.2. The molecule has 0 bridgehead atoms. The predicted octanol–water partition coefficient (Wildman–Crippen LogP) is 2.47. The van der Waals surface area contributed by atoms with Gasteiger partial charge in [0, 0.05) is 20.1 Å². The monoisotopic (exact) mass is 473 g/mol. The summed E-state index contributed by atoms with van der Waals surface area (Å²) in [6.45, 7) is 1.49. The summed E-state index contributed by atoms with van der Waals surface area (Å²) in [5, 5.41) is 2.15. The Balaban J connectivity index is 1.52. The fraction of sp³-hybridized carbons (Fsp3) is 0.227. The van der Waals surface area contributed by atoms with Gasteiger partial charge in [0.15, 0.2) is 0 Å². The molecule has 0 unspecified atom stereocenters. The first kappa shape index (κ1) is 23.7. The first-order valence-electron chi connectivity index (χ1n) is 9.78. The van der Waals surface area contributed by atoms with Crippen molar-refractivity contribution in [2.75, 3.05) is 26.7 Å². The molecule has 168 valence electrons. The van der Waals surface area contributed by atoms with Crippen molar-refractivity contribution in [2.45, 2.75) is 11.8 Å². The summed E-state index contributed by atoms with van der Waals surface area (Å²) in [7, 11) is -2.48. The fourth-order valence-corrected chi connectivity index (χ4v) is 4.93. The van der Waals surface area contributed by atoms with Crippen LogP contribution in [0.3, 0.4) is 0 Å². The van der Waals surface area contributed by atoms with Crippen molar-refractivity contribution in [3.8, 4) is 0 Å². The molecular formula is C22H23N3O5S2. The van der Waals surface area contributed by atoms with Gasteiger partial charge in [-0.2, -0.15) is 4.31 Å². The molecule has 3 amide bonds. The summed E-state index contributed by atoms with van der Waals surface area (Å²) in [4.78, 5) is 38.4. The van der Waals surface area contributed by atoms with Crippen LogP contribution in [0.25, 0.3) is 6.08 Å². The van der Waals surface area contributed by atoms with Gasteiger partial charge in [-0.3, -0.25) is 19.3 Å². The summed E-state index contributed by atoms with van der Waals surface area (Å²) in [5.41, 5.74) is 1.74. The highest BCUT2D eigenvalue weighted by Crippen LogP contribution is 2.31. The number of carbonyl (C=O) groups excluding carboxylic acids is 3. The van der Waals surface area contributed by atoms with Crippen molar-refractivity contribution in [1.29, 1.82) is 0 Å². The second-order valence-corrected chi connectivity index (χ2v) is 10.2. The lowest BCUT2D eigenvalue weighted by molar-refractivity contribution is -0.124. The fourth-order valence-electron chi connectivity index (χ4n) is 2.93. The van der Waals surface area contributed by atoms with E-state index in [-0.39, 0.29) is 24.5 Å². The van der Waals surface area contributed by atoms with Crippen molar-refractivity contribution < 1.29 is 22.8 Å². The second kappa shape index (κ2) is 10.1. The molecule has 1 aliphatic heterocycles. The quantitative estimate of drug-likeness (QED) is 0.591. The molecule has 1 aliphatic rings. The smallest absolute Gasteiger partial charge is 0.293 e. The van der Waals surface area contributed by atoms with Crippen molar-refractivity contribution in [1.82, 2.24) is 14.5 Å². The minimum Gasteiger partial charge on any atom is -0.353 e. The maximum absolute atomic E-state index is 12.6. The van der Waals surface area contributed by atoms with Gasteiger partial charge in [0.05, 0.1) is 16.3 Å². The highest BCUT2D eigenvalue weighted by molar-refractivity contribution is 8.18. The molecule has 32 heavy (non-hydrogen) atoms. The van der Waals surface area contributed by atoms with Crippen molar-refractivity contribution >= 4 is 44.9 Å². The number of carbonyl (C=O) groups is 3. The Morgan fingerprint density at radius 3 is 2.41 bits per heavy atom. The number of likely N-dealkylation sites (N-methyl/N-ethyl adjacent to an activating group) is 1. The number of nitrogens with one attached hydrogen (secondary N) is 1. The van der Waals surface area contributed by atoms with Gasteiger partial charge < -0.3 is 5.32 Å². The molecule has 1 saturated heterocycles. The zero-order chi connectivity index (χ0) is 23.3. The number of rotatable bonds is 8. The van der Waals surface area contributed by atoms with E-state index in [9.17, 15) is 22.8 Å². The molecule has 0 saturated carbocycles. The second-order valence-electron chi connectivity index (χ2n) is 7.17. The maximum Gasteiger partial charge on any atom is 0.293 e. The molecule has 0 aliphatic carbocycles. The van der Waals surface area contributed by atoms with E-state index in [4.69, 9.17) is 0 Å². The van der Waals surface area contributed by atoms with Crippen LogP contribution in [0.5, 0.6) is 0 Å². The number of amides is 3. The van der Waals surface area contributed by atoms with E-state index in [2.05, 4.69) is 5.32 Å². The first-order valence-corrected chi connectivity index (χ1v) is 12.0. The maximum atomic E-state index is 12.6. The first-order chi connectivity index (χ1) is 15.2. The van der Waals surface area contributed by atoms with E-state index in [0.717, 1.165) is 32.1 Å². The number of hydrogen-bond donors (Lipinski definition) is 1. The van der Waals surface area contributed by atoms with Gasteiger partial charge in [-0.25, -0.2) is 8.42 Å². The van der Waals surface area contributed by atoms with E-state index < -0.39 is 27.1 Å². The summed E-state index contributed by atoms with van der Waals surface area (Å²) in [6, 6.07) is 15.5. The van der Waals surface area contributed by atoms with Gasteiger partial charge in [0.25, 0.3) is 11.1 Å². The van der Waals surface area contributed by atoms with Gasteiger partial charge in [0.1, 0.15) is 0 Å². The third-order valence-electron chi connectivity index (χ3n) is 4.72. The molecule has 1 fully saturated rings. The van der Waals surface area contributed by atoms with Crippen LogP contribution in [0.15, 0.2) is 64.4 Å². The number of aryl methyl sites for hydroxylation is 1. The van der Waals surface area contributed by atoms with Crippen LogP contribution >= 0.6 is 11.8 Å². The normalized spacial score (nSPS) is 15.6. The molecule has 1 N–H and O–H groups in total. The van der Waals surface area contributed by atoms with Crippen molar-refractivity contribution in [3.63, 3.8) is 0 Å². The largest absolute Gasteiger partial charge is 0.353 e. The molecular weight excluding hydrogens is 450 g/mol. The summed E-state index contributed by atoms with van der Waals surface area (Å²) >= 11 is 0.846. The summed E-state index contributed by atoms with van der Waals surface area (Å²) < 4.78 is 26.1. The lowest BCUT2D eigenvalue weighted by Gasteiger charge is -2.18. The topological polar surface area (TPSA) is 104 Å². The van der Waals surface area contributed by atoms with Crippen LogP contribution in [0.2, 0.25) is 0 Å². The number of nitrogens with zero attached hydrogens (tertiary/aromatic N) is 2. The Kier molecular flexibility index (Phi) is 7.49. The zero-order valence-corrected chi connectivity index (χ0v) is 19.3. The van der Waals surface area contributed by atoms with Crippen LogP contribution in [-0.4, -0.2) is 61.4 Å². The summed E-state index contributed by atoms with van der Waals surface area (Å²) in [6.07, 6.45) is 1.65. The molecule has 0 atom stereocenters. The van der Waals surface area contributed by atoms with Crippen LogP contribution in [0.1, 0.15) is 11.1 Å². The van der Waals surface area contributed by atoms with Crippen molar-refractivity contribution in [3.05, 3.63) is 70.6 Å². The van der Waals surface area contributed by atoms with Gasteiger partial charge in [-0.05, 0) is 42.5 Å². The molecule has 1 heterocycles. The number of thioether (sulfide) groups is 1. The average Bonchev–Trinajstić information content (AvgIpc) is 3.02. The molecule has 8 nitrogen and oxygen atoms in total. The number of imide groups is 1. The minimum absolute atomic E-state index is 0.00301. The van der Waals surface area contributed by atoms with Crippen LogP contribution < -0.4 is 5.32 Å². The Morgan fingerprint density at radius 1 is 1.09 bits per heavy atom. The van der Waals surface area contributed by atoms with E-state index in [1.54, 1.807) is 18.2 Å². The highest BCUT2D eigenvalue weighted by atomic mass is 32.2. The van der Waals surface area contributed by atoms with Gasteiger partial charge >= 0.3 is 0 Å². The van der Waals surface area contributed by atoms with Crippen LogP contribution in [0, 0.1) is 6.92 Å². The third-order valence-corrected chi connectivity index (χ3v) is 7.45. The number of hydrogen-bond acceptors (Lipinski definition) is 6. The van der Waals surface area contributed by atoms with Crippen LogP contribution in [0.4, 0.5) is 4.79 Å².